The number of benzene rings is 3. The van der Waals surface area contributed by atoms with Crippen LogP contribution >= 0.6 is 0 Å². The van der Waals surface area contributed by atoms with E-state index in [0.29, 0.717) is 30.0 Å². The second kappa shape index (κ2) is 15.9. The van der Waals surface area contributed by atoms with Gasteiger partial charge in [-0.25, -0.2) is 12.8 Å². The van der Waals surface area contributed by atoms with Crippen molar-refractivity contribution in [2.75, 3.05) is 30.8 Å². The predicted molar refractivity (Wildman–Crippen MR) is 163 cm³/mol. The Balaban J connectivity index is 1.88. The van der Waals surface area contributed by atoms with E-state index in [-0.39, 0.29) is 37.7 Å². The lowest BCUT2D eigenvalue weighted by Gasteiger charge is -2.32. The average molecular weight is 598 g/mol. The summed E-state index contributed by atoms with van der Waals surface area (Å²) in [6, 6.07) is 21.3. The van der Waals surface area contributed by atoms with Crippen molar-refractivity contribution in [3.05, 3.63) is 95.8 Å². The Morgan fingerprint density at radius 2 is 1.60 bits per heavy atom. The SMILES string of the molecule is CCCCNC(=O)[C@H](Cc1ccccc1)N(Cc1ccc(F)cc1)C(=O)CCCN(c1ccccc1OC)S(C)(=O)=O. The highest BCUT2D eigenvalue weighted by atomic mass is 32.2. The van der Waals surface area contributed by atoms with E-state index in [0.717, 1.165) is 24.7 Å². The number of sulfonamides is 1. The molecule has 1 atom stereocenters. The van der Waals surface area contributed by atoms with E-state index in [4.69, 9.17) is 4.74 Å². The number of rotatable bonds is 16. The first-order valence-corrected chi connectivity index (χ1v) is 15.9. The number of amides is 2. The molecular formula is C32H40FN3O5S. The highest BCUT2D eigenvalue weighted by molar-refractivity contribution is 7.92. The minimum absolute atomic E-state index is 0.00407. The molecule has 0 aliphatic rings. The fourth-order valence-corrected chi connectivity index (χ4v) is 5.63. The van der Waals surface area contributed by atoms with Gasteiger partial charge < -0.3 is 15.0 Å². The van der Waals surface area contributed by atoms with Gasteiger partial charge in [0.15, 0.2) is 0 Å². The van der Waals surface area contributed by atoms with E-state index in [1.165, 1.54) is 28.4 Å². The van der Waals surface area contributed by atoms with Gasteiger partial charge >= 0.3 is 0 Å². The van der Waals surface area contributed by atoms with E-state index >= 15 is 0 Å². The Morgan fingerprint density at radius 3 is 2.24 bits per heavy atom. The predicted octanol–water partition coefficient (Wildman–Crippen LogP) is 4.94. The van der Waals surface area contributed by atoms with Gasteiger partial charge in [0, 0.05) is 32.5 Å². The molecule has 0 heterocycles. The molecule has 3 aromatic carbocycles. The molecule has 0 bridgehead atoms. The van der Waals surface area contributed by atoms with Crippen molar-refractivity contribution < 1.29 is 27.1 Å². The Morgan fingerprint density at radius 1 is 0.929 bits per heavy atom. The Labute approximate surface area is 248 Å². The van der Waals surface area contributed by atoms with Crippen molar-refractivity contribution in [2.24, 2.45) is 0 Å². The van der Waals surface area contributed by atoms with Crippen molar-refractivity contribution >= 4 is 27.5 Å². The van der Waals surface area contributed by atoms with Crippen LogP contribution in [0.3, 0.4) is 0 Å². The van der Waals surface area contributed by atoms with Crippen molar-refractivity contribution in [2.45, 2.75) is 51.6 Å². The zero-order chi connectivity index (χ0) is 30.5. The molecule has 0 aliphatic carbocycles. The van der Waals surface area contributed by atoms with E-state index in [1.807, 2.05) is 37.3 Å². The molecule has 226 valence electrons. The van der Waals surface area contributed by atoms with Gasteiger partial charge in [-0.15, -0.1) is 0 Å². The molecule has 3 aromatic rings. The molecule has 0 radical (unpaired) electrons. The molecule has 0 spiro atoms. The molecule has 0 unspecified atom stereocenters. The number of carbonyl (C=O) groups is 2. The highest BCUT2D eigenvalue weighted by Gasteiger charge is 2.30. The number of halogens is 1. The number of ether oxygens (including phenoxy) is 1. The number of unbranched alkanes of at least 4 members (excludes halogenated alkanes) is 1. The van der Waals surface area contributed by atoms with Gasteiger partial charge in [0.25, 0.3) is 0 Å². The molecule has 10 heteroatoms. The minimum Gasteiger partial charge on any atom is -0.495 e. The molecular weight excluding hydrogens is 557 g/mol. The summed E-state index contributed by atoms with van der Waals surface area (Å²) < 4.78 is 45.6. The van der Waals surface area contributed by atoms with Crippen LogP contribution < -0.4 is 14.4 Å². The maximum atomic E-state index is 13.9. The number of hydrogen-bond donors (Lipinski definition) is 1. The summed E-state index contributed by atoms with van der Waals surface area (Å²) in [6.45, 7) is 2.66. The first-order chi connectivity index (χ1) is 20.1. The van der Waals surface area contributed by atoms with Crippen LogP contribution in [0.5, 0.6) is 5.75 Å². The zero-order valence-electron chi connectivity index (χ0n) is 24.5. The number of anilines is 1. The van der Waals surface area contributed by atoms with Gasteiger partial charge in [0.2, 0.25) is 21.8 Å². The number of hydrogen-bond acceptors (Lipinski definition) is 5. The number of para-hydroxylation sites is 2. The summed E-state index contributed by atoms with van der Waals surface area (Å²) in [5, 5.41) is 2.97. The van der Waals surface area contributed by atoms with Gasteiger partial charge in [0.1, 0.15) is 17.6 Å². The van der Waals surface area contributed by atoms with Crippen LogP contribution in [0.15, 0.2) is 78.9 Å². The lowest BCUT2D eigenvalue weighted by molar-refractivity contribution is -0.141. The number of carbonyl (C=O) groups excluding carboxylic acids is 2. The normalized spacial score (nSPS) is 11.9. The molecule has 0 saturated heterocycles. The van der Waals surface area contributed by atoms with E-state index in [1.54, 1.807) is 36.4 Å². The Hall–Kier alpha value is -3.92. The molecule has 1 N–H and O–H groups in total. The van der Waals surface area contributed by atoms with Crippen LogP contribution in [-0.2, 0) is 32.6 Å². The lowest BCUT2D eigenvalue weighted by atomic mass is 10.0. The first-order valence-electron chi connectivity index (χ1n) is 14.1. The molecule has 2 amide bonds. The van der Waals surface area contributed by atoms with E-state index < -0.39 is 21.9 Å². The highest BCUT2D eigenvalue weighted by Crippen LogP contribution is 2.30. The van der Waals surface area contributed by atoms with Crippen molar-refractivity contribution in [3.8, 4) is 5.75 Å². The third-order valence-corrected chi connectivity index (χ3v) is 8.05. The van der Waals surface area contributed by atoms with Crippen LogP contribution in [-0.4, -0.2) is 57.6 Å². The Bertz CT molecular complexity index is 1400. The summed E-state index contributed by atoms with van der Waals surface area (Å²) in [5.74, 6) is -0.570. The molecule has 0 aromatic heterocycles. The average Bonchev–Trinajstić information content (AvgIpc) is 2.98. The van der Waals surface area contributed by atoms with Crippen molar-refractivity contribution in [3.63, 3.8) is 0 Å². The summed E-state index contributed by atoms with van der Waals surface area (Å²) in [5.41, 5.74) is 1.95. The Kier molecular flexibility index (Phi) is 12.3. The van der Waals surface area contributed by atoms with E-state index in [2.05, 4.69) is 5.32 Å². The fourth-order valence-electron chi connectivity index (χ4n) is 4.66. The van der Waals surface area contributed by atoms with Gasteiger partial charge in [-0.2, -0.15) is 0 Å². The molecule has 42 heavy (non-hydrogen) atoms. The summed E-state index contributed by atoms with van der Waals surface area (Å²) in [4.78, 5) is 28.9. The maximum absolute atomic E-state index is 13.9. The summed E-state index contributed by atoms with van der Waals surface area (Å²) in [7, 11) is -2.21. The van der Waals surface area contributed by atoms with Crippen LogP contribution in [0.2, 0.25) is 0 Å². The monoisotopic (exact) mass is 597 g/mol. The number of nitrogens with one attached hydrogen (secondary N) is 1. The largest absolute Gasteiger partial charge is 0.495 e. The molecule has 0 saturated carbocycles. The minimum atomic E-state index is -3.68. The van der Waals surface area contributed by atoms with Gasteiger partial charge in [-0.3, -0.25) is 13.9 Å². The van der Waals surface area contributed by atoms with Gasteiger partial charge in [-0.05, 0) is 48.2 Å². The van der Waals surface area contributed by atoms with Crippen LogP contribution in [0, 0.1) is 5.82 Å². The van der Waals surface area contributed by atoms with Crippen molar-refractivity contribution in [1.29, 1.82) is 0 Å². The summed E-state index contributed by atoms with van der Waals surface area (Å²) >= 11 is 0. The van der Waals surface area contributed by atoms with Crippen LogP contribution in [0.25, 0.3) is 0 Å². The first kappa shape index (κ1) is 32.6. The second-order valence-corrected chi connectivity index (χ2v) is 12.0. The van der Waals surface area contributed by atoms with Crippen molar-refractivity contribution in [1.82, 2.24) is 10.2 Å². The van der Waals surface area contributed by atoms with Gasteiger partial charge in [0.05, 0.1) is 19.1 Å². The summed E-state index contributed by atoms with van der Waals surface area (Å²) in [6.07, 6.45) is 3.32. The third-order valence-electron chi connectivity index (χ3n) is 6.87. The third kappa shape index (κ3) is 9.58. The van der Waals surface area contributed by atoms with E-state index in [9.17, 15) is 22.4 Å². The zero-order valence-corrected chi connectivity index (χ0v) is 25.3. The number of methoxy groups -OCH3 is 1. The fraction of sp³-hybridized carbons (Fsp3) is 0.375. The van der Waals surface area contributed by atoms with Gasteiger partial charge in [-0.1, -0.05) is 67.9 Å². The lowest BCUT2D eigenvalue weighted by Crippen LogP contribution is -2.50. The molecule has 8 nitrogen and oxygen atoms in total. The molecule has 3 rings (SSSR count). The maximum Gasteiger partial charge on any atom is 0.243 e. The standard InChI is InChI=1S/C32H40FN3O5S/c1-4-5-21-34-32(38)29(23-25-12-7-6-8-13-25)35(24-26-17-19-27(33)20-18-26)31(37)16-11-22-36(42(3,39)40)28-14-9-10-15-30(28)41-2/h6-10,12-15,17-20,29H,4-5,11,16,21-24H2,1-3H3,(H,34,38)/t29-/m0/s1. The molecule has 0 fully saturated rings. The number of nitrogens with zero attached hydrogens (tertiary/aromatic N) is 2. The topological polar surface area (TPSA) is 96.0 Å². The van der Waals surface area contributed by atoms with Crippen LogP contribution in [0.4, 0.5) is 10.1 Å². The molecule has 0 aliphatic heterocycles. The quantitative estimate of drug-likeness (QED) is 0.236. The second-order valence-electron chi connectivity index (χ2n) is 10.1. The smallest absolute Gasteiger partial charge is 0.243 e. The van der Waals surface area contributed by atoms with Crippen LogP contribution in [0.1, 0.15) is 43.7 Å².